The lowest BCUT2D eigenvalue weighted by molar-refractivity contribution is -0.0222. The number of anilines is 1. The van der Waals surface area contributed by atoms with Crippen LogP contribution in [0.25, 0.3) is 16.6 Å². The molecule has 0 radical (unpaired) electrons. The summed E-state index contributed by atoms with van der Waals surface area (Å²) < 4.78 is 29.1. The molecule has 1 aliphatic rings. The van der Waals surface area contributed by atoms with E-state index in [9.17, 15) is 8.78 Å². The first-order valence-electron chi connectivity index (χ1n) is 8.93. The Kier molecular flexibility index (Phi) is 3.87. The lowest BCUT2D eigenvalue weighted by atomic mass is 10.0. The number of imidazole rings is 1. The van der Waals surface area contributed by atoms with Gasteiger partial charge in [-0.05, 0) is 38.0 Å². The molecule has 0 amide bonds. The van der Waals surface area contributed by atoms with E-state index in [1.807, 2.05) is 42.3 Å². The predicted octanol–water partition coefficient (Wildman–Crippen LogP) is 3.75. The third kappa shape index (κ3) is 2.80. The number of nitrogens with zero attached hydrogens (tertiary/aromatic N) is 4. The summed E-state index contributed by atoms with van der Waals surface area (Å²) in [6.07, 6.45) is 1.60. The van der Waals surface area contributed by atoms with Gasteiger partial charge in [0.1, 0.15) is 5.65 Å². The van der Waals surface area contributed by atoms with Crippen molar-refractivity contribution < 1.29 is 8.78 Å². The minimum absolute atomic E-state index is 0.157. The SMILES string of the molecule is Cc1cc(C(C)N)c2nc(N3CCC(F)(F)CC3)n3cc(C)nc3c2c1. The topological polar surface area (TPSA) is 59.5 Å². The van der Waals surface area contributed by atoms with Crippen molar-refractivity contribution >= 4 is 22.5 Å². The van der Waals surface area contributed by atoms with Crippen molar-refractivity contribution in [1.82, 2.24) is 14.4 Å². The number of alkyl halides is 2. The number of piperidine rings is 1. The zero-order valence-corrected chi connectivity index (χ0v) is 15.3. The summed E-state index contributed by atoms with van der Waals surface area (Å²) in [7, 11) is 0. The fraction of sp³-hybridized carbons (Fsp3) is 0.474. The summed E-state index contributed by atoms with van der Waals surface area (Å²) in [6, 6.07) is 3.92. The molecule has 4 rings (SSSR count). The van der Waals surface area contributed by atoms with Crippen LogP contribution in [-0.4, -0.2) is 33.4 Å². The predicted molar refractivity (Wildman–Crippen MR) is 99.0 cm³/mol. The van der Waals surface area contributed by atoms with Gasteiger partial charge >= 0.3 is 0 Å². The maximum Gasteiger partial charge on any atom is 0.251 e. The highest BCUT2D eigenvalue weighted by molar-refractivity contribution is 5.95. The minimum Gasteiger partial charge on any atom is -0.341 e. The molecule has 1 fully saturated rings. The van der Waals surface area contributed by atoms with E-state index >= 15 is 0 Å². The van der Waals surface area contributed by atoms with Crippen LogP contribution in [0.1, 0.15) is 42.6 Å². The number of rotatable bonds is 2. The molecule has 0 spiro atoms. The molecule has 1 aromatic carbocycles. The average Bonchev–Trinajstić information content (AvgIpc) is 2.95. The summed E-state index contributed by atoms with van der Waals surface area (Å²) in [5.74, 6) is -1.93. The molecule has 0 aliphatic carbocycles. The second kappa shape index (κ2) is 5.87. The van der Waals surface area contributed by atoms with Crippen LogP contribution < -0.4 is 10.6 Å². The Labute approximate surface area is 150 Å². The maximum absolute atomic E-state index is 13.6. The van der Waals surface area contributed by atoms with Crippen molar-refractivity contribution in [3.63, 3.8) is 0 Å². The molecule has 0 bridgehead atoms. The van der Waals surface area contributed by atoms with E-state index in [1.165, 1.54) is 0 Å². The van der Waals surface area contributed by atoms with Crippen molar-refractivity contribution in [3.8, 4) is 0 Å². The van der Waals surface area contributed by atoms with Gasteiger partial charge in [0.05, 0.1) is 11.2 Å². The number of hydrogen-bond acceptors (Lipinski definition) is 4. The van der Waals surface area contributed by atoms with Gasteiger partial charge in [-0.2, -0.15) is 0 Å². The molecule has 2 aromatic heterocycles. The fourth-order valence-corrected chi connectivity index (χ4v) is 3.70. The Balaban J connectivity index is 1.97. The molecular weight excluding hydrogens is 336 g/mol. The number of aromatic nitrogens is 3. The van der Waals surface area contributed by atoms with Crippen molar-refractivity contribution in [1.29, 1.82) is 0 Å². The zero-order valence-electron chi connectivity index (χ0n) is 15.3. The Morgan fingerprint density at radius 2 is 1.85 bits per heavy atom. The number of nitrogens with two attached hydrogens (primary N) is 1. The molecule has 3 aromatic rings. The summed E-state index contributed by atoms with van der Waals surface area (Å²) in [5, 5.41) is 0.941. The summed E-state index contributed by atoms with van der Waals surface area (Å²) in [4.78, 5) is 11.5. The number of hydrogen-bond donors (Lipinski definition) is 1. The van der Waals surface area contributed by atoms with Gasteiger partial charge in [0, 0.05) is 43.6 Å². The van der Waals surface area contributed by atoms with Crippen LogP contribution in [0, 0.1) is 13.8 Å². The van der Waals surface area contributed by atoms with E-state index in [-0.39, 0.29) is 32.0 Å². The van der Waals surface area contributed by atoms with Crippen LogP contribution in [0.5, 0.6) is 0 Å². The number of benzene rings is 1. The molecule has 1 atom stereocenters. The molecule has 7 heteroatoms. The average molecular weight is 359 g/mol. The quantitative estimate of drug-likeness (QED) is 0.757. The van der Waals surface area contributed by atoms with Gasteiger partial charge in [0.15, 0.2) is 0 Å². The van der Waals surface area contributed by atoms with Gasteiger partial charge < -0.3 is 10.6 Å². The van der Waals surface area contributed by atoms with Crippen LogP contribution in [0.3, 0.4) is 0 Å². The molecule has 3 heterocycles. The highest BCUT2D eigenvalue weighted by atomic mass is 19.3. The summed E-state index contributed by atoms with van der Waals surface area (Å²) in [6.45, 7) is 6.43. The van der Waals surface area contributed by atoms with Crippen molar-refractivity contribution in [2.45, 2.75) is 45.6 Å². The van der Waals surface area contributed by atoms with Gasteiger partial charge in [-0.1, -0.05) is 6.07 Å². The van der Waals surface area contributed by atoms with Gasteiger partial charge in [-0.25, -0.2) is 18.7 Å². The molecule has 2 N–H and O–H groups in total. The van der Waals surface area contributed by atoms with E-state index < -0.39 is 5.92 Å². The summed E-state index contributed by atoms with van der Waals surface area (Å²) >= 11 is 0. The van der Waals surface area contributed by atoms with Crippen LogP contribution in [-0.2, 0) is 0 Å². The standard InChI is InChI=1S/C19H23F2N5/c1-11-8-14(13(3)22)16-15(9-11)17-23-12(2)10-26(17)18(24-16)25-6-4-19(20,21)5-7-25/h8-10,13H,4-7,22H2,1-3H3. The van der Waals surface area contributed by atoms with Crippen molar-refractivity contribution in [2.75, 3.05) is 18.0 Å². The monoisotopic (exact) mass is 359 g/mol. The minimum atomic E-state index is -2.59. The molecule has 26 heavy (non-hydrogen) atoms. The van der Waals surface area contributed by atoms with Crippen LogP contribution in [0.15, 0.2) is 18.3 Å². The normalized spacial score (nSPS) is 18.6. The van der Waals surface area contributed by atoms with Gasteiger partial charge in [0.2, 0.25) is 5.95 Å². The van der Waals surface area contributed by atoms with Gasteiger partial charge in [-0.15, -0.1) is 0 Å². The smallest absolute Gasteiger partial charge is 0.251 e. The molecule has 5 nitrogen and oxygen atoms in total. The zero-order chi connectivity index (χ0) is 18.6. The van der Waals surface area contributed by atoms with Crippen molar-refractivity contribution in [3.05, 3.63) is 35.2 Å². The second-order valence-electron chi connectivity index (χ2n) is 7.37. The van der Waals surface area contributed by atoms with E-state index in [4.69, 9.17) is 10.7 Å². The van der Waals surface area contributed by atoms with Crippen LogP contribution in [0.2, 0.25) is 0 Å². The highest BCUT2D eigenvalue weighted by Crippen LogP contribution is 2.33. The Morgan fingerprint density at radius 3 is 2.50 bits per heavy atom. The Hall–Kier alpha value is -2.28. The number of aryl methyl sites for hydroxylation is 2. The summed E-state index contributed by atoms with van der Waals surface area (Å²) in [5.41, 5.74) is 10.7. The highest BCUT2D eigenvalue weighted by Gasteiger charge is 2.35. The fourth-order valence-electron chi connectivity index (χ4n) is 3.70. The van der Waals surface area contributed by atoms with E-state index in [1.54, 1.807) is 0 Å². The van der Waals surface area contributed by atoms with E-state index in [0.717, 1.165) is 33.4 Å². The largest absolute Gasteiger partial charge is 0.341 e. The number of halogens is 2. The first-order chi connectivity index (χ1) is 12.2. The van der Waals surface area contributed by atoms with Crippen LogP contribution >= 0.6 is 0 Å². The Morgan fingerprint density at radius 1 is 1.15 bits per heavy atom. The Bertz CT molecular complexity index is 983. The second-order valence-corrected chi connectivity index (χ2v) is 7.37. The third-order valence-electron chi connectivity index (χ3n) is 5.05. The van der Waals surface area contributed by atoms with E-state index in [0.29, 0.717) is 5.95 Å². The lowest BCUT2D eigenvalue weighted by Crippen LogP contribution is -2.40. The molecule has 0 saturated carbocycles. The molecule has 1 unspecified atom stereocenters. The number of fused-ring (bicyclic) bond motifs is 3. The molecular formula is C19H23F2N5. The molecule has 138 valence electrons. The lowest BCUT2D eigenvalue weighted by Gasteiger charge is -2.33. The maximum atomic E-state index is 13.6. The van der Waals surface area contributed by atoms with Gasteiger partial charge in [-0.3, -0.25) is 4.40 Å². The van der Waals surface area contributed by atoms with E-state index in [2.05, 4.69) is 11.1 Å². The molecule has 1 saturated heterocycles. The van der Waals surface area contributed by atoms with Gasteiger partial charge in [0.25, 0.3) is 5.92 Å². The van der Waals surface area contributed by atoms with Crippen LogP contribution in [0.4, 0.5) is 14.7 Å². The van der Waals surface area contributed by atoms with Crippen molar-refractivity contribution in [2.24, 2.45) is 5.73 Å². The first-order valence-corrected chi connectivity index (χ1v) is 8.93. The first kappa shape index (κ1) is 17.1. The molecule has 1 aliphatic heterocycles. The third-order valence-corrected chi connectivity index (χ3v) is 5.05.